The number of rotatable bonds is 5. The van der Waals surface area contributed by atoms with Crippen LogP contribution in [0.5, 0.6) is 5.75 Å². The molecule has 3 rings (SSSR count). The zero-order chi connectivity index (χ0) is 16.7. The van der Waals surface area contributed by atoms with Crippen LogP contribution in [0.15, 0.2) is 22.6 Å². The monoisotopic (exact) mass is 319 g/mol. The van der Waals surface area contributed by atoms with Crippen LogP contribution in [0.3, 0.4) is 0 Å². The number of ether oxygens (including phenoxy) is 1. The van der Waals surface area contributed by atoms with Crippen molar-refractivity contribution in [2.24, 2.45) is 0 Å². The van der Waals surface area contributed by atoms with Gasteiger partial charge in [0.15, 0.2) is 11.3 Å². The lowest BCUT2D eigenvalue weighted by atomic mass is 10.0. The smallest absolute Gasteiger partial charge is 0.311 e. The first-order chi connectivity index (χ1) is 11.1. The van der Waals surface area contributed by atoms with Crippen molar-refractivity contribution in [2.75, 3.05) is 13.6 Å². The second-order valence-electron chi connectivity index (χ2n) is 6.33. The quantitative estimate of drug-likeness (QED) is 0.584. The van der Waals surface area contributed by atoms with Crippen LogP contribution in [0, 0.1) is 0 Å². The molecule has 3 heterocycles. The minimum atomic E-state index is -0.184. The molecule has 1 fully saturated rings. The number of carbonyl (C=O) groups excluding carboxylic acids is 1. The topological polar surface area (TPSA) is 42.7 Å². The highest BCUT2D eigenvalue weighted by molar-refractivity contribution is 5.78. The summed E-state index contributed by atoms with van der Waals surface area (Å²) in [6, 6.07) is 6.27. The predicted molar refractivity (Wildman–Crippen MR) is 93.1 cm³/mol. The van der Waals surface area contributed by atoms with Crippen molar-refractivity contribution < 1.29 is 13.9 Å². The average molecular weight is 319 g/mol. The van der Waals surface area contributed by atoms with Gasteiger partial charge in [0.25, 0.3) is 0 Å². The molecule has 1 aliphatic heterocycles. The normalized spacial score (nSPS) is 18.7. The maximum atomic E-state index is 11.3. The van der Waals surface area contributed by atoms with Gasteiger partial charge in [-0.05, 0) is 51.4 Å². The van der Waals surface area contributed by atoms with E-state index in [0.717, 1.165) is 24.5 Å². The average Bonchev–Trinajstić information content (AvgIpc) is 3.17. The Hall–Kier alpha value is -1.55. The number of hydrogen-bond donors (Lipinski definition) is 0. The molecule has 1 aliphatic rings. The first kappa shape index (κ1) is 17.8. The molecule has 0 amide bonds. The van der Waals surface area contributed by atoms with Gasteiger partial charge in [-0.15, -0.1) is 0 Å². The number of esters is 1. The van der Waals surface area contributed by atoms with Gasteiger partial charge >= 0.3 is 5.97 Å². The van der Waals surface area contributed by atoms with E-state index >= 15 is 0 Å². The molecule has 1 unspecified atom stereocenters. The van der Waals surface area contributed by atoms with Crippen LogP contribution in [0.1, 0.15) is 58.8 Å². The van der Waals surface area contributed by atoms with Gasteiger partial charge in [0.05, 0.1) is 0 Å². The maximum absolute atomic E-state index is 11.3. The van der Waals surface area contributed by atoms with E-state index < -0.39 is 0 Å². The number of unbranched alkanes of at least 4 members (excludes halogenated alkanes) is 1. The zero-order valence-electron chi connectivity index (χ0n) is 14.6. The number of furan rings is 2. The van der Waals surface area contributed by atoms with Gasteiger partial charge in [0.1, 0.15) is 5.58 Å². The number of piperidine rings is 1. The molecule has 1 atom stereocenters. The van der Waals surface area contributed by atoms with Crippen LogP contribution < -0.4 is 4.74 Å². The van der Waals surface area contributed by atoms with E-state index in [9.17, 15) is 4.79 Å². The molecule has 2 bridgehead atoms. The molecular formula is C19H29NO3. The molecule has 128 valence electrons. The molecule has 0 spiro atoms. The van der Waals surface area contributed by atoms with E-state index in [1.54, 1.807) is 12.1 Å². The van der Waals surface area contributed by atoms with Gasteiger partial charge in [-0.1, -0.05) is 26.7 Å². The highest BCUT2D eigenvalue weighted by atomic mass is 16.5. The molecule has 0 radical (unpaired) electrons. The first-order valence-electron chi connectivity index (χ1n) is 8.86. The number of nitrogens with zero attached hydrogens (tertiary/aromatic N) is 1. The van der Waals surface area contributed by atoms with Crippen LogP contribution in [0.25, 0.3) is 11.2 Å². The van der Waals surface area contributed by atoms with Crippen LogP contribution in [-0.2, 0) is 4.79 Å². The van der Waals surface area contributed by atoms with E-state index in [1.165, 1.54) is 32.2 Å². The van der Waals surface area contributed by atoms with Crippen molar-refractivity contribution in [1.82, 2.24) is 4.90 Å². The lowest BCUT2D eigenvalue weighted by Crippen LogP contribution is -2.35. The highest BCUT2D eigenvalue weighted by Crippen LogP contribution is 2.29. The van der Waals surface area contributed by atoms with Crippen LogP contribution >= 0.6 is 0 Å². The fraction of sp³-hybridized carbons (Fsp3) is 0.632. The van der Waals surface area contributed by atoms with Crippen molar-refractivity contribution in [3.05, 3.63) is 18.2 Å². The minimum absolute atomic E-state index is 0.184. The SMILES string of the molecule is CCC1CCCCN1C.CCCCC(=O)Oc1cc2ccc1o2. The molecule has 1 saturated heterocycles. The zero-order valence-corrected chi connectivity index (χ0v) is 14.6. The molecule has 4 heteroatoms. The van der Waals surface area contributed by atoms with E-state index in [0.29, 0.717) is 17.8 Å². The van der Waals surface area contributed by atoms with Gasteiger partial charge in [-0.2, -0.15) is 0 Å². The van der Waals surface area contributed by atoms with Gasteiger partial charge in [0, 0.05) is 18.5 Å². The Morgan fingerprint density at radius 3 is 2.70 bits per heavy atom. The fourth-order valence-corrected chi connectivity index (χ4v) is 3.00. The molecule has 0 aliphatic carbocycles. The summed E-state index contributed by atoms with van der Waals surface area (Å²) in [4.78, 5) is 13.8. The summed E-state index contributed by atoms with van der Waals surface area (Å²) in [6.45, 7) is 5.64. The number of hydrogen-bond acceptors (Lipinski definition) is 4. The second kappa shape index (κ2) is 8.92. The Morgan fingerprint density at radius 2 is 2.17 bits per heavy atom. The van der Waals surface area contributed by atoms with Crippen molar-refractivity contribution in [3.8, 4) is 5.75 Å². The van der Waals surface area contributed by atoms with Crippen LogP contribution in [0.2, 0.25) is 0 Å². The summed E-state index contributed by atoms with van der Waals surface area (Å²) in [5.74, 6) is 0.361. The summed E-state index contributed by atoms with van der Waals surface area (Å²) in [7, 11) is 2.24. The standard InChI is InChI=1S/C11H12O3.C8H17N/c1-2-3-4-11(12)14-10-7-8-5-6-9(10)13-8;1-3-8-6-4-5-7-9(8)2/h5-7H,2-4H2,1H3;8H,3-7H2,1-2H3. The van der Waals surface area contributed by atoms with Crippen molar-refractivity contribution >= 4 is 17.1 Å². The molecule has 2 aromatic rings. The Kier molecular flexibility index (Phi) is 6.90. The molecule has 2 aromatic heterocycles. The van der Waals surface area contributed by atoms with Crippen molar-refractivity contribution in [1.29, 1.82) is 0 Å². The van der Waals surface area contributed by atoms with Crippen LogP contribution in [0.4, 0.5) is 0 Å². The lowest BCUT2D eigenvalue weighted by molar-refractivity contribution is -0.134. The molecule has 23 heavy (non-hydrogen) atoms. The maximum Gasteiger partial charge on any atom is 0.311 e. The lowest BCUT2D eigenvalue weighted by Gasteiger charge is -2.31. The molecule has 0 saturated carbocycles. The largest absolute Gasteiger partial charge is 0.453 e. The number of carbonyl (C=O) groups is 1. The Bertz CT molecular complexity index is 577. The number of fused-ring (bicyclic) bond motifs is 2. The minimum Gasteiger partial charge on any atom is -0.453 e. The van der Waals surface area contributed by atoms with Gasteiger partial charge in [-0.3, -0.25) is 4.79 Å². The number of likely N-dealkylation sites (tertiary alicyclic amines) is 1. The Labute approximate surface area is 139 Å². The van der Waals surface area contributed by atoms with Gasteiger partial charge in [-0.25, -0.2) is 0 Å². The van der Waals surface area contributed by atoms with Crippen LogP contribution in [-0.4, -0.2) is 30.5 Å². The van der Waals surface area contributed by atoms with E-state index in [2.05, 4.69) is 18.9 Å². The fourth-order valence-electron chi connectivity index (χ4n) is 3.00. The summed E-state index contributed by atoms with van der Waals surface area (Å²) >= 11 is 0. The molecular weight excluding hydrogens is 290 g/mol. The second-order valence-corrected chi connectivity index (χ2v) is 6.33. The summed E-state index contributed by atoms with van der Waals surface area (Å²) < 4.78 is 10.4. The van der Waals surface area contributed by atoms with E-state index in [4.69, 9.17) is 9.15 Å². The Balaban J connectivity index is 0.000000185. The first-order valence-corrected chi connectivity index (χ1v) is 8.86. The van der Waals surface area contributed by atoms with E-state index in [1.807, 2.05) is 13.0 Å². The summed E-state index contributed by atoms with van der Waals surface area (Å²) in [5.41, 5.74) is 1.39. The third kappa shape index (κ3) is 5.24. The molecule has 4 nitrogen and oxygen atoms in total. The number of benzene rings is 1. The predicted octanol–water partition coefficient (Wildman–Crippen LogP) is 4.85. The summed E-state index contributed by atoms with van der Waals surface area (Å²) in [6.07, 6.45) is 7.95. The third-order valence-electron chi connectivity index (χ3n) is 4.49. The summed E-state index contributed by atoms with van der Waals surface area (Å²) in [5, 5.41) is 0. The van der Waals surface area contributed by atoms with Crippen molar-refractivity contribution in [2.45, 2.75) is 64.8 Å². The van der Waals surface area contributed by atoms with Gasteiger partial charge < -0.3 is 14.1 Å². The molecule has 0 N–H and O–H groups in total. The molecule has 0 aromatic carbocycles. The van der Waals surface area contributed by atoms with Crippen molar-refractivity contribution in [3.63, 3.8) is 0 Å². The van der Waals surface area contributed by atoms with Gasteiger partial charge in [0.2, 0.25) is 0 Å². The van der Waals surface area contributed by atoms with E-state index in [-0.39, 0.29) is 5.97 Å². The third-order valence-corrected chi connectivity index (χ3v) is 4.49. The Morgan fingerprint density at radius 1 is 1.35 bits per heavy atom. The highest BCUT2D eigenvalue weighted by Gasteiger charge is 2.15.